The minimum atomic E-state index is -0.476. The van der Waals surface area contributed by atoms with Crippen LogP contribution in [0.3, 0.4) is 0 Å². The van der Waals surface area contributed by atoms with Crippen LogP contribution < -0.4 is 10.1 Å². The summed E-state index contributed by atoms with van der Waals surface area (Å²) in [6.07, 6.45) is 1.33. The third-order valence-electron chi connectivity index (χ3n) is 6.76. The molecule has 6 heteroatoms. The van der Waals surface area contributed by atoms with Crippen molar-refractivity contribution in [2.45, 2.75) is 45.1 Å². The molecule has 1 N–H and O–H groups in total. The summed E-state index contributed by atoms with van der Waals surface area (Å²) in [6, 6.07) is 21.0. The number of halogens is 1. The van der Waals surface area contributed by atoms with Crippen LogP contribution in [0.5, 0.6) is 5.75 Å². The molecule has 1 fully saturated rings. The van der Waals surface area contributed by atoms with Crippen LogP contribution in [0.2, 0.25) is 0 Å². The lowest BCUT2D eigenvalue weighted by Gasteiger charge is -2.41. The summed E-state index contributed by atoms with van der Waals surface area (Å²) in [4.78, 5) is 29.1. The lowest BCUT2D eigenvalue weighted by Crippen LogP contribution is -2.46. The number of likely N-dealkylation sites (tertiary alicyclic amines) is 1. The predicted octanol–water partition coefficient (Wildman–Crippen LogP) is 6.36. The highest BCUT2D eigenvalue weighted by molar-refractivity contribution is 5.99. The molecule has 1 aliphatic rings. The molecule has 0 unspecified atom stereocenters. The van der Waals surface area contributed by atoms with Gasteiger partial charge >= 0.3 is 0 Å². The second kappa shape index (κ2) is 10.5. The van der Waals surface area contributed by atoms with Crippen LogP contribution in [0.15, 0.2) is 72.8 Å². The normalized spacial score (nSPS) is 18.0. The van der Waals surface area contributed by atoms with Gasteiger partial charge in [0.15, 0.2) is 0 Å². The summed E-state index contributed by atoms with van der Waals surface area (Å²) in [5.74, 6) is -1.16. The van der Waals surface area contributed by atoms with Crippen LogP contribution in [0, 0.1) is 11.7 Å². The highest BCUT2D eigenvalue weighted by Crippen LogP contribution is 2.39. The topological polar surface area (TPSA) is 58.6 Å². The number of anilines is 1. The van der Waals surface area contributed by atoms with Crippen LogP contribution in [-0.4, -0.2) is 30.4 Å². The first kappa shape index (κ1) is 25.4. The summed E-state index contributed by atoms with van der Waals surface area (Å²) >= 11 is 0. The van der Waals surface area contributed by atoms with Crippen molar-refractivity contribution in [3.8, 4) is 5.75 Å². The zero-order valence-corrected chi connectivity index (χ0v) is 21.3. The lowest BCUT2D eigenvalue weighted by atomic mass is 9.83. The molecule has 5 nitrogen and oxygen atoms in total. The number of hydrogen-bond donors (Lipinski definition) is 1. The van der Waals surface area contributed by atoms with Gasteiger partial charge < -0.3 is 15.0 Å². The van der Waals surface area contributed by atoms with Crippen molar-refractivity contribution in [3.05, 3.63) is 95.3 Å². The largest absolute Gasteiger partial charge is 0.496 e. The zero-order valence-electron chi connectivity index (χ0n) is 21.3. The molecule has 2 atom stereocenters. The molecule has 0 aliphatic carbocycles. The summed E-state index contributed by atoms with van der Waals surface area (Å²) in [5, 5.41) is 3.10. The van der Waals surface area contributed by atoms with Gasteiger partial charge in [-0.25, -0.2) is 4.39 Å². The first-order valence-corrected chi connectivity index (χ1v) is 12.3. The molecule has 0 bridgehead atoms. The van der Waals surface area contributed by atoms with Gasteiger partial charge in [-0.05, 0) is 53.6 Å². The van der Waals surface area contributed by atoms with Gasteiger partial charge in [-0.15, -0.1) is 0 Å². The number of carbonyl (C=O) groups excluding carboxylic acids is 2. The van der Waals surface area contributed by atoms with Gasteiger partial charge in [0.05, 0.1) is 24.6 Å². The van der Waals surface area contributed by atoms with E-state index in [0.29, 0.717) is 19.4 Å². The number of nitrogens with one attached hydrogen (secondary N) is 1. The molecular weight excluding hydrogens is 455 g/mol. The lowest BCUT2D eigenvalue weighted by molar-refractivity contribution is -0.123. The Labute approximate surface area is 212 Å². The fourth-order valence-electron chi connectivity index (χ4n) is 4.86. The van der Waals surface area contributed by atoms with E-state index in [1.807, 2.05) is 48.5 Å². The molecule has 1 heterocycles. The Morgan fingerprint density at radius 3 is 2.44 bits per heavy atom. The van der Waals surface area contributed by atoms with E-state index in [1.54, 1.807) is 4.90 Å². The molecule has 0 spiro atoms. The fraction of sp³-hybridized carbons (Fsp3) is 0.333. The summed E-state index contributed by atoms with van der Waals surface area (Å²) in [7, 11) is 1.42. The quantitative estimate of drug-likeness (QED) is 0.454. The summed E-state index contributed by atoms with van der Waals surface area (Å²) < 4.78 is 19.1. The van der Waals surface area contributed by atoms with Crippen molar-refractivity contribution >= 4 is 17.5 Å². The second-order valence-electron chi connectivity index (χ2n) is 10.3. The van der Waals surface area contributed by atoms with Crippen molar-refractivity contribution in [2.75, 3.05) is 19.0 Å². The molecular formula is C30H33FN2O3. The fourth-order valence-corrected chi connectivity index (χ4v) is 4.86. The SMILES string of the molecule is COc1cc(F)ccc1C(=O)N1CCC[C@H](C(=O)Nc2cccc(C(C)(C)C)c2)[C@@H]1c1ccccc1. The number of ether oxygens (including phenoxy) is 1. The zero-order chi connectivity index (χ0) is 25.9. The molecule has 1 saturated heterocycles. The second-order valence-corrected chi connectivity index (χ2v) is 10.3. The average molecular weight is 489 g/mol. The van der Waals surface area contributed by atoms with E-state index in [9.17, 15) is 14.0 Å². The van der Waals surface area contributed by atoms with E-state index in [4.69, 9.17) is 4.74 Å². The average Bonchev–Trinajstić information content (AvgIpc) is 2.88. The number of rotatable bonds is 5. The monoisotopic (exact) mass is 488 g/mol. The summed E-state index contributed by atoms with van der Waals surface area (Å²) in [6.45, 7) is 6.89. The molecule has 3 aromatic rings. The van der Waals surface area contributed by atoms with Gasteiger partial charge in [-0.1, -0.05) is 63.2 Å². The predicted molar refractivity (Wildman–Crippen MR) is 140 cm³/mol. The Bertz CT molecular complexity index is 1240. The third-order valence-corrected chi connectivity index (χ3v) is 6.76. The molecule has 0 aromatic heterocycles. The van der Waals surface area contributed by atoms with E-state index in [2.05, 4.69) is 32.2 Å². The molecule has 0 radical (unpaired) electrons. The number of hydrogen-bond acceptors (Lipinski definition) is 3. The van der Waals surface area contributed by atoms with Gasteiger partial charge in [0.25, 0.3) is 5.91 Å². The van der Waals surface area contributed by atoms with Crippen molar-refractivity contribution in [3.63, 3.8) is 0 Å². The molecule has 0 saturated carbocycles. The Hall–Kier alpha value is -3.67. The van der Waals surface area contributed by atoms with Crippen molar-refractivity contribution in [1.29, 1.82) is 0 Å². The first-order chi connectivity index (χ1) is 17.2. The smallest absolute Gasteiger partial charge is 0.258 e. The van der Waals surface area contributed by atoms with Gasteiger partial charge in [0.1, 0.15) is 11.6 Å². The van der Waals surface area contributed by atoms with Crippen LogP contribution in [-0.2, 0) is 10.2 Å². The molecule has 188 valence electrons. The maximum absolute atomic E-state index is 13.8. The Morgan fingerprint density at radius 2 is 1.75 bits per heavy atom. The van der Waals surface area contributed by atoms with E-state index in [1.165, 1.54) is 25.3 Å². The van der Waals surface area contributed by atoms with Crippen molar-refractivity contribution < 1.29 is 18.7 Å². The minimum absolute atomic E-state index is 0.0460. The molecule has 36 heavy (non-hydrogen) atoms. The van der Waals surface area contributed by atoms with Crippen molar-refractivity contribution in [1.82, 2.24) is 4.90 Å². The molecule has 3 aromatic carbocycles. The van der Waals surface area contributed by atoms with E-state index in [0.717, 1.165) is 16.8 Å². The standard InChI is InChI=1S/C30H33FN2O3/c1-30(2,3)21-12-8-13-23(18-21)32-28(34)25-14-9-17-33(27(25)20-10-6-5-7-11-20)29(35)24-16-15-22(31)19-26(24)36-4/h5-8,10-13,15-16,18-19,25,27H,9,14,17H2,1-4H3,(H,32,34)/t25-,27-/m0/s1. The van der Waals surface area contributed by atoms with Gasteiger partial charge in [0.2, 0.25) is 5.91 Å². The van der Waals surface area contributed by atoms with Crippen LogP contribution in [0.4, 0.5) is 10.1 Å². The number of nitrogens with zero attached hydrogens (tertiary/aromatic N) is 1. The molecule has 2 amide bonds. The number of benzene rings is 3. The highest BCUT2D eigenvalue weighted by Gasteiger charge is 2.40. The van der Waals surface area contributed by atoms with Crippen LogP contribution in [0.1, 0.15) is 61.1 Å². The van der Waals surface area contributed by atoms with Gasteiger partial charge in [-0.3, -0.25) is 9.59 Å². The number of methoxy groups -OCH3 is 1. The maximum atomic E-state index is 13.8. The van der Waals surface area contributed by atoms with Gasteiger partial charge in [0, 0.05) is 18.3 Å². The van der Waals surface area contributed by atoms with Crippen LogP contribution >= 0.6 is 0 Å². The summed E-state index contributed by atoms with van der Waals surface area (Å²) in [5.41, 5.74) is 2.98. The van der Waals surface area contributed by atoms with E-state index in [-0.39, 0.29) is 28.5 Å². The van der Waals surface area contributed by atoms with E-state index < -0.39 is 17.8 Å². The minimum Gasteiger partial charge on any atom is -0.496 e. The van der Waals surface area contributed by atoms with Crippen LogP contribution in [0.25, 0.3) is 0 Å². The Balaban J connectivity index is 1.68. The maximum Gasteiger partial charge on any atom is 0.258 e. The van der Waals surface area contributed by atoms with Crippen molar-refractivity contribution in [2.24, 2.45) is 5.92 Å². The molecule has 4 rings (SSSR count). The number of amides is 2. The molecule has 1 aliphatic heterocycles. The van der Waals surface area contributed by atoms with Gasteiger partial charge in [-0.2, -0.15) is 0 Å². The Kier molecular flexibility index (Phi) is 7.43. The highest BCUT2D eigenvalue weighted by atomic mass is 19.1. The third kappa shape index (κ3) is 5.43. The number of piperidine rings is 1. The Morgan fingerprint density at radius 1 is 1.00 bits per heavy atom. The van der Waals surface area contributed by atoms with E-state index >= 15 is 0 Å². The number of carbonyl (C=O) groups is 2. The first-order valence-electron chi connectivity index (χ1n) is 12.3.